The predicted octanol–water partition coefficient (Wildman–Crippen LogP) is 3.86. The number of hydrogen-bond donors (Lipinski definition) is 1. The highest BCUT2D eigenvalue weighted by atomic mass is 16.5. The molecule has 2 aliphatic rings. The summed E-state index contributed by atoms with van der Waals surface area (Å²) < 4.78 is 6.26. The van der Waals surface area contributed by atoms with Crippen molar-refractivity contribution in [1.29, 1.82) is 0 Å². The van der Waals surface area contributed by atoms with E-state index in [1.54, 1.807) is 6.20 Å². The molecule has 1 aliphatic heterocycles. The van der Waals surface area contributed by atoms with Gasteiger partial charge in [0.15, 0.2) is 0 Å². The largest absolute Gasteiger partial charge is 0.487 e. The Hall–Kier alpha value is -2.43. The zero-order chi connectivity index (χ0) is 20.3. The molecule has 0 radical (unpaired) electrons. The van der Waals surface area contributed by atoms with Gasteiger partial charge in [0.1, 0.15) is 11.9 Å². The summed E-state index contributed by atoms with van der Waals surface area (Å²) in [6, 6.07) is 6.16. The van der Waals surface area contributed by atoms with Crippen LogP contribution in [0.4, 0.5) is 0 Å². The van der Waals surface area contributed by atoms with E-state index in [1.165, 1.54) is 0 Å². The Morgan fingerprint density at radius 3 is 2.61 bits per heavy atom. The molecule has 2 aromatic rings. The second kappa shape index (κ2) is 6.29. The summed E-state index contributed by atoms with van der Waals surface area (Å²) in [5.74, 6) is 1.07. The lowest BCUT2D eigenvalue weighted by Gasteiger charge is -2.14. The summed E-state index contributed by atoms with van der Waals surface area (Å²) in [5.41, 5.74) is 4.86. The number of aromatic nitrogens is 2. The third-order valence-corrected chi connectivity index (χ3v) is 6.95. The van der Waals surface area contributed by atoms with E-state index in [9.17, 15) is 4.79 Å². The van der Waals surface area contributed by atoms with E-state index in [0.29, 0.717) is 6.54 Å². The fourth-order valence-electron chi connectivity index (χ4n) is 4.60. The monoisotopic (exact) mass is 379 g/mol. The van der Waals surface area contributed by atoms with Gasteiger partial charge >= 0.3 is 0 Å². The average Bonchev–Trinajstić information content (AvgIpc) is 2.93. The molecule has 148 valence electrons. The molecule has 0 spiro atoms. The number of para-hydroxylation sites is 1. The van der Waals surface area contributed by atoms with Gasteiger partial charge in [0, 0.05) is 24.1 Å². The van der Waals surface area contributed by atoms with Gasteiger partial charge in [0.25, 0.3) is 0 Å². The Labute approximate surface area is 166 Å². The maximum atomic E-state index is 12.7. The van der Waals surface area contributed by atoms with Crippen molar-refractivity contribution in [2.24, 2.45) is 16.7 Å². The van der Waals surface area contributed by atoms with Crippen LogP contribution in [0.3, 0.4) is 0 Å². The first-order valence-electron chi connectivity index (χ1n) is 10.00. The molecule has 0 saturated heterocycles. The molecule has 1 aromatic carbocycles. The summed E-state index contributed by atoms with van der Waals surface area (Å²) in [7, 11) is 0. The SMILES string of the molecule is Cc1cnc(C)c(-c2cccc3c2O[C@H](CNC(=O)C2C(C)(C)C2(C)C)C3)n1. The molecular formula is C23H29N3O2. The molecule has 5 nitrogen and oxygen atoms in total. The molecule has 1 amide bonds. The summed E-state index contributed by atoms with van der Waals surface area (Å²) in [6.45, 7) is 13.1. The molecule has 0 unspecified atom stereocenters. The minimum absolute atomic E-state index is 0.0467. The van der Waals surface area contributed by atoms with Gasteiger partial charge < -0.3 is 10.1 Å². The fourth-order valence-corrected chi connectivity index (χ4v) is 4.60. The Kier molecular flexibility index (Phi) is 4.25. The highest BCUT2D eigenvalue weighted by molar-refractivity contribution is 5.84. The van der Waals surface area contributed by atoms with Crippen molar-refractivity contribution >= 4 is 5.91 Å². The number of hydrogen-bond acceptors (Lipinski definition) is 4. The molecule has 1 saturated carbocycles. The van der Waals surface area contributed by atoms with Gasteiger partial charge in [-0.25, -0.2) is 4.98 Å². The average molecular weight is 380 g/mol. The lowest BCUT2D eigenvalue weighted by Crippen LogP contribution is -2.36. The van der Waals surface area contributed by atoms with E-state index in [2.05, 4.69) is 49.0 Å². The minimum Gasteiger partial charge on any atom is -0.487 e. The van der Waals surface area contributed by atoms with Gasteiger partial charge in [-0.05, 0) is 36.3 Å². The van der Waals surface area contributed by atoms with Crippen LogP contribution < -0.4 is 10.1 Å². The lowest BCUT2D eigenvalue weighted by atomic mass is 10.0. The van der Waals surface area contributed by atoms with Crippen molar-refractivity contribution < 1.29 is 9.53 Å². The number of amides is 1. The van der Waals surface area contributed by atoms with E-state index in [1.807, 2.05) is 26.0 Å². The number of carbonyl (C=O) groups excluding carboxylic acids is 1. The van der Waals surface area contributed by atoms with E-state index in [0.717, 1.165) is 40.4 Å². The minimum atomic E-state index is -0.0526. The molecule has 1 atom stereocenters. The third kappa shape index (κ3) is 2.88. The summed E-state index contributed by atoms with van der Waals surface area (Å²) in [6.07, 6.45) is 2.52. The maximum Gasteiger partial charge on any atom is 0.224 e. The topological polar surface area (TPSA) is 64.1 Å². The molecule has 5 heteroatoms. The zero-order valence-electron chi connectivity index (χ0n) is 17.6. The van der Waals surface area contributed by atoms with Gasteiger partial charge in [-0.2, -0.15) is 0 Å². The molecule has 1 fully saturated rings. The quantitative estimate of drug-likeness (QED) is 0.876. The second-order valence-electron chi connectivity index (χ2n) is 9.30. The normalized spacial score (nSPS) is 21.7. The molecule has 1 aromatic heterocycles. The third-order valence-electron chi connectivity index (χ3n) is 6.95. The molecule has 0 bridgehead atoms. The van der Waals surface area contributed by atoms with Gasteiger partial charge in [0.2, 0.25) is 5.91 Å². The fraction of sp³-hybridized carbons (Fsp3) is 0.522. The van der Waals surface area contributed by atoms with Crippen LogP contribution in [0.2, 0.25) is 0 Å². The molecule has 2 heterocycles. The zero-order valence-corrected chi connectivity index (χ0v) is 17.6. The number of nitrogens with zero attached hydrogens (tertiary/aromatic N) is 2. The number of carbonyl (C=O) groups is 1. The summed E-state index contributed by atoms with van der Waals surface area (Å²) in [4.78, 5) is 21.8. The number of rotatable bonds is 4. The molecule has 28 heavy (non-hydrogen) atoms. The van der Waals surface area contributed by atoms with Crippen molar-refractivity contribution in [2.75, 3.05) is 6.54 Å². The number of benzene rings is 1. The van der Waals surface area contributed by atoms with Gasteiger partial charge in [-0.1, -0.05) is 39.8 Å². The molecule has 4 rings (SSSR count). The Morgan fingerprint density at radius 2 is 1.93 bits per heavy atom. The van der Waals surface area contributed by atoms with Crippen molar-refractivity contribution in [2.45, 2.75) is 54.1 Å². The van der Waals surface area contributed by atoms with Crippen LogP contribution in [0, 0.1) is 30.6 Å². The highest BCUT2D eigenvalue weighted by Gasteiger charge is 2.68. The highest BCUT2D eigenvalue weighted by Crippen LogP contribution is 2.68. The lowest BCUT2D eigenvalue weighted by molar-refractivity contribution is -0.123. The van der Waals surface area contributed by atoms with E-state index in [4.69, 9.17) is 4.74 Å². The van der Waals surface area contributed by atoms with Gasteiger partial charge in [0.05, 0.1) is 23.6 Å². The first-order valence-corrected chi connectivity index (χ1v) is 10.00. The first-order chi connectivity index (χ1) is 13.1. The van der Waals surface area contributed by atoms with Crippen LogP contribution in [0.1, 0.15) is 44.6 Å². The van der Waals surface area contributed by atoms with Gasteiger partial charge in [-0.15, -0.1) is 0 Å². The van der Waals surface area contributed by atoms with Crippen molar-refractivity contribution in [3.05, 3.63) is 41.3 Å². The van der Waals surface area contributed by atoms with Crippen LogP contribution in [-0.2, 0) is 11.2 Å². The van der Waals surface area contributed by atoms with E-state index in [-0.39, 0.29) is 28.8 Å². The summed E-state index contributed by atoms with van der Waals surface area (Å²) >= 11 is 0. The standard InChI is InChI=1S/C23H29N3O2/c1-13-11-24-14(2)18(26-13)17-9-7-8-15-10-16(28-19(15)17)12-25-21(27)20-22(3,4)23(20,5)6/h7-9,11,16,20H,10,12H2,1-6H3,(H,25,27)/t16-/m0/s1. The van der Waals surface area contributed by atoms with E-state index < -0.39 is 0 Å². The van der Waals surface area contributed by atoms with E-state index >= 15 is 0 Å². The molecular weight excluding hydrogens is 350 g/mol. The van der Waals surface area contributed by atoms with Gasteiger partial charge in [-0.3, -0.25) is 9.78 Å². The van der Waals surface area contributed by atoms with Crippen LogP contribution in [-0.4, -0.2) is 28.5 Å². The number of fused-ring (bicyclic) bond motifs is 1. The van der Waals surface area contributed by atoms with Crippen molar-refractivity contribution in [1.82, 2.24) is 15.3 Å². The van der Waals surface area contributed by atoms with Crippen molar-refractivity contribution in [3.63, 3.8) is 0 Å². The molecule has 1 aliphatic carbocycles. The van der Waals surface area contributed by atoms with Crippen LogP contribution in [0.15, 0.2) is 24.4 Å². The maximum absolute atomic E-state index is 12.7. The molecule has 1 N–H and O–H groups in total. The van der Waals surface area contributed by atoms with Crippen LogP contribution >= 0.6 is 0 Å². The second-order valence-corrected chi connectivity index (χ2v) is 9.30. The smallest absolute Gasteiger partial charge is 0.224 e. The number of aryl methyl sites for hydroxylation is 2. The van der Waals surface area contributed by atoms with Crippen molar-refractivity contribution in [3.8, 4) is 17.0 Å². The van der Waals surface area contributed by atoms with Crippen LogP contribution in [0.5, 0.6) is 5.75 Å². The Balaban J connectivity index is 1.48. The predicted molar refractivity (Wildman–Crippen MR) is 109 cm³/mol. The number of ether oxygens (including phenoxy) is 1. The first kappa shape index (κ1) is 18.9. The Morgan fingerprint density at radius 1 is 1.21 bits per heavy atom. The Bertz CT molecular complexity index is 935. The number of nitrogens with one attached hydrogen (secondary N) is 1. The van der Waals surface area contributed by atoms with Crippen LogP contribution in [0.25, 0.3) is 11.3 Å². The summed E-state index contributed by atoms with van der Waals surface area (Å²) in [5, 5.41) is 3.12.